The van der Waals surface area contributed by atoms with Crippen LogP contribution in [0, 0.1) is 0 Å². The SMILES string of the molecule is CC(C)c1ccc(C(=O)O)cc1S(=O)(=O)Nc1ccc(=O)n(C)c1. The monoisotopic (exact) mass is 350 g/mol. The molecule has 1 aromatic heterocycles. The van der Waals surface area contributed by atoms with Crippen molar-refractivity contribution in [1.82, 2.24) is 4.57 Å². The molecule has 0 saturated heterocycles. The number of pyridine rings is 1. The zero-order chi connectivity index (χ0) is 18.1. The number of benzene rings is 1. The van der Waals surface area contributed by atoms with Crippen LogP contribution in [0.25, 0.3) is 0 Å². The quantitative estimate of drug-likeness (QED) is 0.858. The summed E-state index contributed by atoms with van der Waals surface area (Å²) in [7, 11) is -2.50. The van der Waals surface area contributed by atoms with Crippen LogP contribution in [0.2, 0.25) is 0 Å². The Morgan fingerprint density at radius 2 is 1.88 bits per heavy atom. The zero-order valence-corrected chi connectivity index (χ0v) is 14.3. The third-order valence-corrected chi connectivity index (χ3v) is 4.95. The third-order valence-electron chi connectivity index (χ3n) is 3.51. The number of aromatic nitrogens is 1. The Morgan fingerprint density at radius 3 is 2.42 bits per heavy atom. The molecule has 8 heteroatoms. The van der Waals surface area contributed by atoms with Gasteiger partial charge in [0, 0.05) is 19.3 Å². The van der Waals surface area contributed by atoms with Crippen LogP contribution in [0.1, 0.15) is 35.7 Å². The summed E-state index contributed by atoms with van der Waals surface area (Å²) in [6, 6.07) is 6.62. The van der Waals surface area contributed by atoms with E-state index in [1.165, 1.54) is 42.1 Å². The minimum absolute atomic E-state index is 0.0914. The molecule has 0 spiro atoms. The Labute approximate surface area is 139 Å². The molecule has 128 valence electrons. The van der Waals surface area contributed by atoms with Crippen molar-refractivity contribution in [3.63, 3.8) is 0 Å². The third kappa shape index (κ3) is 3.65. The van der Waals surface area contributed by atoms with Gasteiger partial charge in [0.05, 0.1) is 16.1 Å². The molecule has 2 N–H and O–H groups in total. The van der Waals surface area contributed by atoms with Crippen molar-refractivity contribution in [2.75, 3.05) is 4.72 Å². The van der Waals surface area contributed by atoms with Gasteiger partial charge in [-0.3, -0.25) is 9.52 Å². The number of rotatable bonds is 5. The highest BCUT2D eigenvalue weighted by Gasteiger charge is 2.22. The second-order valence-electron chi connectivity index (χ2n) is 5.68. The lowest BCUT2D eigenvalue weighted by Gasteiger charge is -2.15. The van der Waals surface area contributed by atoms with Crippen molar-refractivity contribution in [2.45, 2.75) is 24.7 Å². The van der Waals surface area contributed by atoms with Gasteiger partial charge in [-0.2, -0.15) is 0 Å². The molecule has 0 fully saturated rings. The molecule has 24 heavy (non-hydrogen) atoms. The molecule has 7 nitrogen and oxygen atoms in total. The Hall–Kier alpha value is -2.61. The topological polar surface area (TPSA) is 105 Å². The highest BCUT2D eigenvalue weighted by molar-refractivity contribution is 7.92. The molecule has 0 aliphatic carbocycles. The summed E-state index contributed by atoms with van der Waals surface area (Å²) in [6.07, 6.45) is 1.36. The second kappa shape index (κ2) is 6.48. The van der Waals surface area contributed by atoms with Crippen molar-refractivity contribution in [1.29, 1.82) is 0 Å². The van der Waals surface area contributed by atoms with Crippen LogP contribution in [0.3, 0.4) is 0 Å². The molecule has 0 aliphatic rings. The molecule has 0 aliphatic heterocycles. The van der Waals surface area contributed by atoms with Crippen LogP contribution in [-0.2, 0) is 17.1 Å². The van der Waals surface area contributed by atoms with Crippen molar-refractivity contribution in [3.8, 4) is 0 Å². The lowest BCUT2D eigenvalue weighted by Crippen LogP contribution is -2.19. The van der Waals surface area contributed by atoms with Gasteiger partial charge in [0.15, 0.2) is 0 Å². The first-order valence-electron chi connectivity index (χ1n) is 7.18. The fourth-order valence-electron chi connectivity index (χ4n) is 2.24. The summed E-state index contributed by atoms with van der Waals surface area (Å²) in [5, 5.41) is 9.11. The smallest absolute Gasteiger partial charge is 0.335 e. The maximum atomic E-state index is 12.7. The van der Waals surface area contributed by atoms with Crippen LogP contribution in [-0.4, -0.2) is 24.1 Å². The summed E-state index contributed by atoms with van der Waals surface area (Å²) in [5.74, 6) is -1.32. The van der Waals surface area contributed by atoms with Gasteiger partial charge in [-0.15, -0.1) is 0 Å². The van der Waals surface area contributed by atoms with E-state index in [0.29, 0.717) is 5.56 Å². The van der Waals surface area contributed by atoms with Crippen molar-refractivity contribution in [3.05, 3.63) is 58.0 Å². The average molecular weight is 350 g/mol. The largest absolute Gasteiger partial charge is 0.478 e. The standard InChI is InChI=1S/C16H18N2O5S/c1-10(2)13-6-4-11(16(20)21)8-14(13)24(22,23)17-12-5-7-15(19)18(3)9-12/h4-10,17H,1-3H3,(H,20,21). The molecule has 0 saturated carbocycles. The fourth-order valence-corrected chi connectivity index (χ4v) is 3.68. The summed E-state index contributed by atoms with van der Waals surface area (Å²) in [5.41, 5.74) is 0.346. The number of carbonyl (C=O) groups is 1. The van der Waals surface area contributed by atoms with Crippen LogP contribution in [0.15, 0.2) is 46.2 Å². The van der Waals surface area contributed by atoms with Gasteiger partial charge < -0.3 is 9.67 Å². The van der Waals surface area contributed by atoms with Crippen LogP contribution in [0.5, 0.6) is 0 Å². The molecular formula is C16H18N2O5S. The first kappa shape index (κ1) is 17.7. The first-order chi connectivity index (χ1) is 11.1. The van der Waals surface area contributed by atoms with E-state index in [1.807, 2.05) is 13.8 Å². The van der Waals surface area contributed by atoms with Gasteiger partial charge in [0.1, 0.15) is 0 Å². The number of nitrogens with one attached hydrogen (secondary N) is 1. The average Bonchev–Trinajstić information content (AvgIpc) is 2.50. The molecular weight excluding hydrogens is 332 g/mol. The van der Waals surface area contributed by atoms with E-state index in [-0.39, 0.29) is 27.6 Å². The molecule has 1 heterocycles. The maximum absolute atomic E-state index is 12.7. The minimum atomic E-state index is -4.00. The van der Waals surface area contributed by atoms with Gasteiger partial charge in [-0.05, 0) is 29.7 Å². The van der Waals surface area contributed by atoms with E-state index < -0.39 is 16.0 Å². The molecule has 0 atom stereocenters. The lowest BCUT2D eigenvalue weighted by molar-refractivity contribution is 0.0696. The number of anilines is 1. The maximum Gasteiger partial charge on any atom is 0.335 e. The number of carboxylic acids is 1. The number of carboxylic acid groups (broad SMARTS) is 1. The van der Waals surface area contributed by atoms with Crippen molar-refractivity contribution >= 4 is 21.7 Å². The molecule has 0 unspecified atom stereocenters. The van der Waals surface area contributed by atoms with E-state index >= 15 is 0 Å². The molecule has 2 aromatic rings. The number of aryl methyl sites for hydroxylation is 1. The number of aromatic carboxylic acids is 1. The number of nitrogens with zero attached hydrogens (tertiary/aromatic N) is 1. The molecule has 2 rings (SSSR count). The Balaban J connectivity index is 2.54. The predicted octanol–water partition coefficient (Wildman–Crippen LogP) is 2.01. The van der Waals surface area contributed by atoms with E-state index in [1.54, 1.807) is 0 Å². The number of hydrogen-bond donors (Lipinski definition) is 2. The highest BCUT2D eigenvalue weighted by atomic mass is 32.2. The zero-order valence-electron chi connectivity index (χ0n) is 13.5. The Morgan fingerprint density at radius 1 is 1.21 bits per heavy atom. The molecule has 1 aromatic carbocycles. The van der Waals surface area contributed by atoms with Crippen molar-refractivity contribution < 1.29 is 18.3 Å². The van der Waals surface area contributed by atoms with Crippen LogP contribution < -0.4 is 10.3 Å². The summed E-state index contributed by atoms with van der Waals surface area (Å²) >= 11 is 0. The first-order valence-corrected chi connectivity index (χ1v) is 8.67. The summed E-state index contributed by atoms with van der Waals surface area (Å²) in [6.45, 7) is 3.64. The van der Waals surface area contributed by atoms with Crippen LogP contribution >= 0.6 is 0 Å². The van der Waals surface area contributed by atoms with E-state index in [4.69, 9.17) is 5.11 Å². The van der Waals surface area contributed by atoms with Crippen LogP contribution in [0.4, 0.5) is 5.69 Å². The van der Waals surface area contributed by atoms with Gasteiger partial charge in [0.25, 0.3) is 10.0 Å². The lowest BCUT2D eigenvalue weighted by atomic mass is 10.0. The normalized spacial score (nSPS) is 11.5. The second-order valence-corrected chi connectivity index (χ2v) is 7.34. The summed E-state index contributed by atoms with van der Waals surface area (Å²) in [4.78, 5) is 22.4. The molecule has 0 bridgehead atoms. The predicted molar refractivity (Wildman–Crippen MR) is 90.0 cm³/mol. The fraction of sp³-hybridized carbons (Fsp3) is 0.250. The van der Waals surface area contributed by atoms with Crippen molar-refractivity contribution in [2.24, 2.45) is 7.05 Å². The number of sulfonamides is 1. The van der Waals surface area contributed by atoms with Gasteiger partial charge in [-0.1, -0.05) is 19.9 Å². The highest BCUT2D eigenvalue weighted by Crippen LogP contribution is 2.26. The summed E-state index contributed by atoms with van der Waals surface area (Å²) < 4.78 is 29.0. The molecule has 0 amide bonds. The minimum Gasteiger partial charge on any atom is -0.478 e. The Bertz CT molecular complexity index is 945. The molecule has 0 radical (unpaired) electrons. The number of hydrogen-bond acceptors (Lipinski definition) is 4. The van der Waals surface area contributed by atoms with E-state index in [0.717, 1.165) is 6.07 Å². The van der Waals surface area contributed by atoms with E-state index in [9.17, 15) is 18.0 Å². The van der Waals surface area contributed by atoms with Gasteiger partial charge in [-0.25, -0.2) is 13.2 Å². The van der Waals surface area contributed by atoms with Gasteiger partial charge in [0.2, 0.25) is 5.56 Å². The van der Waals surface area contributed by atoms with E-state index in [2.05, 4.69) is 4.72 Å². The Kier molecular flexibility index (Phi) is 4.79. The van der Waals surface area contributed by atoms with Gasteiger partial charge >= 0.3 is 5.97 Å².